The standard InChI is InChI=1S/C10H23NO2S/c1-4-11-10(2)6-5-8-14(12)9-7-13-3/h10-11H,4-9H2,1-3H3. The summed E-state index contributed by atoms with van der Waals surface area (Å²) in [5.41, 5.74) is 0. The van der Waals surface area contributed by atoms with E-state index in [0.717, 1.165) is 25.1 Å². The van der Waals surface area contributed by atoms with Crippen LogP contribution < -0.4 is 5.32 Å². The third-order valence-electron chi connectivity index (χ3n) is 2.08. The van der Waals surface area contributed by atoms with E-state index in [1.165, 1.54) is 0 Å². The molecule has 0 bridgehead atoms. The van der Waals surface area contributed by atoms with Gasteiger partial charge in [-0.25, -0.2) is 0 Å². The lowest BCUT2D eigenvalue weighted by Crippen LogP contribution is -2.25. The summed E-state index contributed by atoms with van der Waals surface area (Å²) in [6.07, 6.45) is 2.14. The zero-order valence-electron chi connectivity index (χ0n) is 9.54. The van der Waals surface area contributed by atoms with Crippen LogP contribution in [0.4, 0.5) is 0 Å². The fourth-order valence-corrected chi connectivity index (χ4v) is 2.32. The van der Waals surface area contributed by atoms with Gasteiger partial charge in [-0.1, -0.05) is 6.92 Å². The van der Waals surface area contributed by atoms with Gasteiger partial charge in [-0.05, 0) is 26.3 Å². The van der Waals surface area contributed by atoms with Crippen LogP contribution in [-0.2, 0) is 15.5 Å². The largest absolute Gasteiger partial charge is 0.384 e. The highest BCUT2D eigenvalue weighted by Gasteiger charge is 2.02. The van der Waals surface area contributed by atoms with Crippen LogP contribution in [0.2, 0.25) is 0 Å². The molecule has 0 amide bonds. The van der Waals surface area contributed by atoms with E-state index in [0.29, 0.717) is 18.4 Å². The molecule has 1 N–H and O–H groups in total. The van der Waals surface area contributed by atoms with E-state index >= 15 is 0 Å². The first kappa shape index (κ1) is 14.1. The summed E-state index contributed by atoms with van der Waals surface area (Å²) < 4.78 is 16.2. The maximum absolute atomic E-state index is 11.4. The van der Waals surface area contributed by atoms with Crippen molar-refractivity contribution in [2.24, 2.45) is 0 Å². The number of methoxy groups -OCH3 is 1. The summed E-state index contributed by atoms with van der Waals surface area (Å²) in [5.74, 6) is 1.48. The Morgan fingerprint density at radius 3 is 2.71 bits per heavy atom. The summed E-state index contributed by atoms with van der Waals surface area (Å²) in [6, 6.07) is 0.541. The van der Waals surface area contributed by atoms with E-state index in [2.05, 4.69) is 19.2 Å². The van der Waals surface area contributed by atoms with Crippen molar-refractivity contribution < 1.29 is 8.95 Å². The zero-order valence-corrected chi connectivity index (χ0v) is 10.4. The van der Waals surface area contributed by atoms with E-state index < -0.39 is 10.8 Å². The SMILES string of the molecule is CCNC(C)CCCS(=O)CCOC. The van der Waals surface area contributed by atoms with Gasteiger partial charge in [0.25, 0.3) is 0 Å². The summed E-state index contributed by atoms with van der Waals surface area (Å²) in [7, 11) is 0.950. The van der Waals surface area contributed by atoms with Crippen molar-refractivity contribution in [1.29, 1.82) is 0 Å². The Balaban J connectivity index is 3.30. The molecule has 0 spiro atoms. The number of hydrogen-bond donors (Lipinski definition) is 1. The third kappa shape index (κ3) is 8.66. The second-order valence-corrected chi connectivity index (χ2v) is 5.14. The van der Waals surface area contributed by atoms with Crippen molar-refractivity contribution in [3.05, 3.63) is 0 Å². The average molecular weight is 221 g/mol. The summed E-state index contributed by atoms with van der Waals surface area (Å²) >= 11 is 0. The van der Waals surface area contributed by atoms with Crippen LogP contribution in [0.25, 0.3) is 0 Å². The van der Waals surface area contributed by atoms with Gasteiger partial charge in [0.15, 0.2) is 0 Å². The van der Waals surface area contributed by atoms with Crippen molar-refractivity contribution in [2.45, 2.75) is 32.7 Å². The van der Waals surface area contributed by atoms with Gasteiger partial charge < -0.3 is 10.1 Å². The Bertz CT molecular complexity index is 153. The number of rotatable bonds is 9. The molecular formula is C10H23NO2S. The highest BCUT2D eigenvalue weighted by atomic mass is 32.2. The molecule has 0 saturated carbocycles. The molecule has 0 aliphatic rings. The van der Waals surface area contributed by atoms with E-state index in [1.54, 1.807) is 7.11 Å². The predicted molar refractivity (Wildman–Crippen MR) is 62.1 cm³/mol. The summed E-state index contributed by atoms with van der Waals surface area (Å²) in [4.78, 5) is 0. The Labute approximate surface area is 90.1 Å². The first-order valence-corrected chi connectivity index (χ1v) is 6.76. The molecule has 14 heavy (non-hydrogen) atoms. The van der Waals surface area contributed by atoms with Gasteiger partial charge in [0.2, 0.25) is 0 Å². The van der Waals surface area contributed by atoms with Crippen LogP contribution in [0, 0.1) is 0 Å². The quantitative estimate of drug-likeness (QED) is 0.635. The normalized spacial score (nSPS) is 15.4. The van der Waals surface area contributed by atoms with Crippen molar-refractivity contribution in [3.63, 3.8) is 0 Å². The van der Waals surface area contributed by atoms with Crippen LogP contribution in [-0.4, -0.2) is 42.0 Å². The highest BCUT2D eigenvalue weighted by Crippen LogP contribution is 1.98. The third-order valence-corrected chi connectivity index (χ3v) is 3.44. The Morgan fingerprint density at radius 2 is 2.14 bits per heavy atom. The maximum Gasteiger partial charge on any atom is 0.0577 e. The topological polar surface area (TPSA) is 38.3 Å². The summed E-state index contributed by atoms with van der Waals surface area (Å²) in [6.45, 7) is 5.89. The van der Waals surface area contributed by atoms with Crippen LogP contribution in [0.3, 0.4) is 0 Å². The van der Waals surface area contributed by atoms with Gasteiger partial charge in [-0.15, -0.1) is 0 Å². The van der Waals surface area contributed by atoms with E-state index in [-0.39, 0.29) is 0 Å². The lowest BCUT2D eigenvalue weighted by atomic mass is 10.2. The van der Waals surface area contributed by atoms with Crippen LogP contribution in [0.5, 0.6) is 0 Å². The van der Waals surface area contributed by atoms with Gasteiger partial charge in [-0.2, -0.15) is 0 Å². The molecule has 0 fully saturated rings. The molecule has 0 aromatic carbocycles. The zero-order chi connectivity index (χ0) is 10.8. The Morgan fingerprint density at radius 1 is 1.43 bits per heavy atom. The fourth-order valence-electron chi connectivity index (χ4n) is 1.28. The molecule has 0 saturated heterocycles. The minimum atomic E-state index is -0.693. The van der Waals surface area contributed by atoms with Crippen molar-refractivity contribution >= 4 is 10.8 Å². The van der Waals surface area contributed by atoms with Crippen LogP contribution in [0.1, 0.15) is 26.7 Å². The second kappa shape index (κ2) is 9.62. The smallest absolute Gasteiger partial charge is 0.0577 e. The maximum atomic E-state index is 11.4. The van der Waals surface area contributed by atoms with Gasteiger partial charge in [0.05, 0.1) is 6.61 Å². The Kier molecular flexibility index (Phi) is 9.67. The number of hydrogen-bond acceptors (Lipinski definition) is 3. The minimum absolute atomic E-state index is 0.541. The minimum Gasteiger partial charge on any atom is -0.384 e. The second-order valence-electron chi connectivity index (χ2n) is 3.44. The van der Waals surface area contributed by atoms with Crippen molar-refractivity contribution in [2.75, 3.05) is 31.8 Å². The Hall–Kier alpha value is 0.0700. The number of ether oxygens (including phenoxy) is 1. The molecule has 2 unspecified atom stereocenters. The number of nitrogens with one attached hydrogen (secondary N) is 1. The molecule has 0 heterocycles. The molecule has 0 radical (unpaired) electrons. The fraction of sp³-hybridized carbons (Fsp3) is 1.00. The molecule has 4 heteroatoms. The predicted octanol–water partition coefficient (Wildman–Crippen LogP) is 1.16. The van der Waals surface area contributed by atoms with Crippen molar-refractivity contribution in [3.8, 4) is 0 Å². The molecule has 86 valence electrons. The molecular weight excluding hydrogens is 198 g/mol. The monoisotopic (exact) mass is 221 g/mol. The lowest BCUT2D eigenvalue weighted by molar-refractivity contribution is 0.218. The lowest BCUT2D eigenvalue weighted by Gasteiger charge is -2.11. The van der Waals surface area contributed by atoms with Gasteiger partial charge in [0, 0.05) is 35.5 Å². The molecule has 3 nitrogen and oxygen atoms in total. The van der Waals surface area contributed by atoms with E-state index in [1.807, 2.05) is 0 Å². The first-order valence-electron chi connectivity index (χ1n) is 5.28. The van der Waals surface area contributed by atoms with Crippen molar-refractivity contribution in [1.82, 2.24) is 5.32 Å². The van der Waals surface area contributed by atoms with Crippen LogP contribution in [0.15, 0.2) is 0 Å². The average Bonchev–Trinajstić information content (AvgIpc) is 2.15. The first-order chi connectivity index (χ1) is 6.70. The molecule has 2 atom stereocenters. The van der Waals surface area contributed by atoms with Gasteiger partial charge >= 0.3 is 0 Å². The molecule has 0 rings (SSSR count). The molecule has 0 aliphatic heterocycles. The molecule has 0 aromatic rings. The highest BCUT2D eigenvalue weighted by molar-refractivity contribution is 7.84. The van der Waals surface area contributed by atoms with E-state index in [4.69, 9.17) is 4.74 Å². The summed E-state index contributed by atoms with van der Waals surface area (Å²) in [5, 5.41) is 3.34. The molecule has 0 aliphatic carbocycles. The van der Waals surface area contributed by atoms with Gasteiger partial charge in [0.1, 0.15) is 0 Å². The molecule has 0 aromatic heterocycles. The van der Waals surface area contributed by atoms with Gasteiger partial charge in [-0.3, -0.25) is 4.21 Å². The van der Waals surface area contributed by atoms with Crippen LogP contribution >= 0.6 is 0 Å². The van der Waals surface area contributed by atoms with E-state index in [9.17, 15) is 4.21 Å².